The summed E-state index contributed by atoms with van der Waals surface area (Å²) in [5.74, 6) is -0.315. The largest absolute Gasteiger partial charge is 0.333 e. The van der Waals surface area contributed by atoms with Crippen molar-refractivity contribution in [1.82, 2.24) is 9.55 Å². The van der Waals surface area contributed by atoms with Gasteiger partial charge in [-0.3, -0.25) is 9.10 Å². The Balaban J connectivity index is 1.47. The van der Waals surface area contributed by atoms with Crippen molar-refractivity contribution in [2.45, 2.75) is 11.4 Å². The van der Waals surface area contributed by atoms with Gasteiger partial charge in [0.2, 0.25) is 0 Å². The fourth-order valence-corrected chi connectivity index (χ4v) is 4.45. The first-order valence-electron chi connectivity index (χ1n) is 9.93. The lowest BCUT2D eigenvalue weighted by Crippen LogP contribution is -2.26. The number of rotatable bonds is 7. The van der Waals surface area contributed by atoms with Crippen LogP contribution in [-0.2, 0) is 16.6 Å². The molecule has 0 unspecified atom stereocenters. The van der Waals surface area contributed by atoms with Gasteiger partial charge in [0.05, 0.1) is 16.9 Å². The molecule has 162 valence electrons. The van der Waals surface area contributed by atoms with Gasteiger partial charge >= 0.3 is 0 Å². The van der Waals surface area contributed by atoms with Crippen LogP contribution < -0.4 is 9.62 Å². The second-order valence-electron chi connectivity index (χ2n) is 7.22. The van der Waals surface area contributed by atoms with Crippen molar-refractivity contribution < 1.29 is 13.2 Å². The van der Waals surface area contributed by atoms with E-state index < -0.39 is 10.0 Å². The Bertz CT molecular complexity index is 1300. The van der Waals surface area contributed by atoms with Crippen LogP contribution in [0.3, 0.4) is 0 Å². The average molecular weight is 447 g/mol. The number of para-hydroxylation sites is 1. The van der Waals surface area contributed by atoms with Crippen molar-refractivity contribution >= 4 is 27.3 Å². The van der Waals surface area contributed by atoms with Gasteiger partial charge in [-0.1, -0.05) is 30.3 Å². The number of aromatic nitrogens is 2. The molecule has 1 N–H and O–H groups in total. The third-order valence-corrected chi connectivity index (χ3v) is 6.80. The van der Waals surface area contributed by atoms with E-state index in [0.29, 0.717) is 23.5 Å². The van der Waals surface area contributed by atoms with Crippen molar-refractivity contribution in [2.24, 2.45) is 0 Å². The molecule has 1 heterocycles. The highest BCUT2D eigenvalue weighted by atomic mass is 32.2. The van der Waals surface area contributed by atoms with Crippen molar-refractivity contribution in [3.8, 4) is 0 Å². The van der Waals surface area contributed by atoms with Crippen LogP contribution in [-0.4, -0.2) is 30.9 Å². The van der Waals surface area contributed by atoms with Crippen LogP contribution in [0.15, 0.2) is 102 Å². The van der Waals surface area contributed by atoms with Crippen LogP contribution in [0.25, 0.3) is 0 Å². The van der Waals surface area contributed by atoms with Crippen molar-refractivity contribution in [3.05, 3.63) is 109 Å². The number of carbonyl (C=O) groups excluding carboxylic acids is 1. The molecule has 0 radical (unpaired) electrons. The van der Waals surface area contributed by atoms with Crippen molar-refractivity contribution in [2.75, 3.05) is 16.7 Å². The molecule has 32 heavy (non-hydrogen) atoms. The van der Waals surface area contributed by atoms with Crippen LogP contribution in [0.5, 0.6) is 0 Å². The summed E-state index contributed by atoms with van der Waals surface area (Å²) in [6.07, 6.45) is 5.32. The molecule has 0 bridgehead atoms. The predicted molar refractivity (Wildman–Crippen MR) is 124 cm³/mol. The Kier molecular flexibility index (Phi) is 6.04. The van der Waals surface area contributed by atoms with E-state index in [9.17, 15) is 13.2 Å². The van der Waals surface area contributed by atoms with E-state index in [2.05, 4.69) is 10.3 Å². The number of nitrogens with zero attached hydrogens (tertiary/aromatic N) is 3. The minimum absolute atomic E-state index is 0.114. The quantitative estimate of drug-likeness (QED) is 0.465. The zero-order chi connectivity index (χ0) is 22.6. The Morgan fingerprint density at radius 3 is 2.44 bits per heavy atom. The summed E-state index contributed by atoms with van der Waals surface area (Å²) in [6, 6.07) is 22.3. The monoisotopic (exact) mass is 446 g/mol. The molecule has 1 aromatic heterocycles. The van der Waals surface area contributed by atoms with Gasteiger partial charge in [-0.15, -0.1) is 0 Å². The number of sulfonamides is 1. The summed E-state index contributed by atoms with van der Waals surface area (Å²) in [4.78, 5) is 16.8. The van der Waals surface area contributed by atoms with Crippen molar-refractivity contribution in [1.29, 1.82) is 0 Å². The summed E-state index contributed by atoms with van der Waals surface area (Å²) >= 11 is 0. The van der Waals surface area contributed by atoms with Gasteiger partial charge in [0.25, 0.3) is 15.9 Å². The first-order chi connectivity index (χ1) is 15.4. The number of hydrogen-bond donors (Lipinski definition) is 1. The third-order valence-electron chi connectivity index (χ3n) is 5.00. The number of benzene rings is 3. The van der Waals surface area contributed by atoms with E-state index in [1.54, 1.807) is 36.8 Å². The van der Waals surface area contributed by atoms with Gasteiger partial charge in [0.15, 0.2) is 0 Å². The molecule has 0 atom stereocenters. The van der Waals surface area contributed by atoms with E-state index in [4.69, 9.17) is 0 Å². The van der Waals surface area contributed by atoms with Gasteiger partial charge in [-0.25, -0.2) is 13.4 Å². The number of carbonyl (C=O) groups is 1. The van der Waals surface area contributed by atoms with Crippen molar-refractivity contribution in [3.63, 3.8) is 0 Å². The minimum atomic E-state index is -3.73. The number of hydrogen-bond acceptors (Lipinski definition) is 4. The maximum Gasteiger partial charge on any atom is 0.264 e. The smallest absolute Gasteiger partial charge is 0.264 e. The van der Waals surface area contributed by atoms with Gasteiger partial charge in [-0.05, 0) is 54.1 Å². The standard InChI is InChI=1S/C24H22N4O3S/c1-27(22-8-3-2-4-9-22)32(30,31)23-12-10-20(11-13-23)24(29)26-21-7-5-6-19(16-21)17-28-15-14-25-18-28/h2-16,18H,17H2,1H3,(H,26,29). The number of anilines is 2. The van der Waals surface area contributed by atoms with E-state index >= 15 is 0 Å². The molecule has 0 aliphatic rings. The second-order valence-corrected chi connectivity index (χ2v) is 9.19. The lowest BCUT2D eigenvalue weighted by Gasteiger charge is -2.19. The molecule has 0 saturated heterocycles. The highest BCUT2D eigenvalue weighted by Gasteiger charge is 2.21. The topological polar surface area (TPSA) is 84.3 Å². The molecule has 7 nitrogen and oxygen atoms in total. The highest BCUT2D eigenvalue weighted by molar-refractivity contribution is 7.92. The summed E-state index contributed by atoms with van der Waals surface area (Å²) in [5, 5.41) is 2.86. The summed E-state index contributed by atoms with van der Waals surface area (Å²) < 4.78 is 28.9. The second kappa shape index (κ2) is 9.07. The van der Waals surface area contributed by atoms with E-state index in [1.807, 2.05) is 41.1 Å². The summed E-state index contributed by atoms with van der Waals surface area (Å²) in [6.45, 7) is 0.644. The fourth-order valence-electron chi connectivity index (χ4n) is 3.25. The molecule has 0 spiro atoms. The molecule has 4 aromatic rings. The normalized spacial score (nSPS) is 11.2. The first-order valence-corrected chi connectivity index (χ1v) is 11.4. The maximum atomic E-state index is 12.9. The Hall–Kier alpha value is -3.91. The predicted octanol–water partition coefficient (Wildman–Crippen LogP) is 4.01. The molecular formula is C24H22N4O3S. The van der Waals surface area contributed by atoms with Gasteiger partial charge in [-0.2, -0.15) is 0 Å². The van der Waals surface area contributed by atoms with Crippen LogP contribution in [0.2, 0.25) is 0 Å². The van der Waals surface area contributed by atoms with Gasteiger partial charge in [0, 0.05) is 37.2 Å². The van der Waals surface area contributed by atoms with Crippen LogP contribution in [0, 0.1) is 0 Å². The summed E-state index contributed by atoms with van der Waals surface area (Å²) in [7, 11) is -2.23. The molecule has 0 fully saturated rings. The lowest BCUT2D eigenvalue weighted by molar-refractivity contribution is 0.102. The molecule has 3 aromatic carbocycles. The first kappa shape index (κ1) is 21.3. The molecular weight excluding hydrogens is 424 g/mol. The molecule has 0 aliphatic heterocycles. The number of imidazole rings is 1. The van der Waals surface area contributed by atoms with Gasteiger partial charge < -0.3 is 9.88 Å². The zero-order valence-corrected chi connectivity index (χ0v) is 18.2. The summed E-state index contributed by atoms with van der Waals surface area (Å²) in [5.41, 5.74) is 2.61. The third kappa shape index (κ3) is 4.70. The van der Waals surface area contributed by atoms with Crippen LogP contribution in [0.4, 0.5) is 11.4 Å². The Morgan fingerprint density at radius 1 is 1.00 bits per heavy atom. The SMILES string of the molecule is CN(c1ccccc1)S(=O)(=O)c1ccc(C(=O)Nc2cccc(Cn3ccnc3)c2)cc1. The molecule has 1 amide bonds. The average Bonchev–Trinajstić information content (AvgIpc) is 3.32. The van der Waals surface area contributed by atoms with Crippen LogP contribution >= 0.6 is 0 Å². The lowest BCUT2D eigenvalue weighted by atomic mass is 10.1. The van der Waals surface area contributed by atoms with E-state index in [0.717, 1.165) is 5.56 Å². The van der Waals surface area contributed by atoms with E-state index in [1.165, 1.54) is 35.6 Å². The molecule has 8 heteroatoms. The number of nitrogens with one attached hydrogen (secondary N) is 1. The Morgan fingerprint density at radius 2 is 1.75 bits per heavy atom. The molecule has 4 rings (SSSR count). The maximum absolute atomic E-state index is 12.9. The molecule has 0 aliphatic carbocycles. The Labute approximate surface area is 187 Å². The zero-order valence-electron chi connectivity index (χ0n) is 17.4. The van der Waals surface area contributed by atoms with E-state index in [-0.39, 0.29) is 10.8 Å². The van der Waals surface area contributed by atoms with Gasteiger partial charge in [0.1, 0.15) is 0 Å². The molecule has 0 saturated carbocycles. The highest BCUT2D eigenvalue weighted by Crippen LogP contribution is 2.22. The fraction of sp³-hybridized carbons (Fsp3) is 0.0833. The van der Waals surface area contributed by atoms with Crippen LogP contribution in [0.1, 0.15) is 15.9 Å². The minimum Gasteiger partial charge on any atom is -0.333 e. The number of amides is 1.